The van der Waals surface area contributed by atoms with E-state index in [2.05, 4.69) is 79.8 Å². The van der Waals surface area contributed by atoms with Crippen molar-refractivity contribution in [3.8, 4) is 5.75 Å². The Bertz CT molecular complexity index is 1180. The van der Waals surface area contributed by atoms with Gasteiger partial charge in [0.15, 0.2) is 5.88 Å². The maximum absolute atomic E-state index is 9.79. The molecule has 4 nitrogen and oxygen atoms in total. The van der Waals surface area contributed by atoms with E-state index < -0.39 is 0 Å². The molecule has 1 unspecified atom stereocenters. The van der Waals surface area contributed by atoms with Crippen LogP contribution in [0.3, 0.4) is 0 Å². The van der Waals surface area contributed by atoms with Crippen LogP contribution >= 0.6 is 0 Å². The van der Waals surface area contributed by atoms with E-state index in [0.717, 1.165) is 49.1 Å². The van der Waals surface area contributed by atoms with E-state index in [4.69, 9.17) is 4.74 Å². The van der Waals surface area contributed by atoms with Crippen molar-refractivity contribution >= 4 is 12.0 Å². The summed E-state index contributed by atoms with van der Waals surface area (Å²) >= 11 is 0. The average Bonchev–Trinajstić information content (AvgIpc) is 3.04. The van der Waals surface area contributed by atoms with Crippen LogP contribution in [0.5, 0.6) is 5.75 Å². The molecule has 3 rings (SSSR count). The van der Waals surface area contributed by atoms with Crippen molar-refractivity contribution in [2.45, 2.75) is 52.4 Å². The van der Waals surface area contributed by atoms with Crippen LogP contribution in [-0.2, 0) is 6.42 Å². The molecule has 0 bridgehead atoms. The van der Waals surface area contributed by atoms with Crippen LogP contribution in [0.4, 0.5) is 0 Å². The summed E-state index contributed by atoms with van der Waals surface area (Å²) < 4.78 is 5.90. The van der Waals surface area contributed by atoms with Crippen molar-refractivity contribution in [1.29, 1.82) is 0 Å². The number of aliphatic imine (C=N–C) groups is 1. The monoisotopic (exact) mass is 482 g/mol. The molecule has 0 saturated heterocycles. The third-order valence-electron chi connectivity index (χ3n) is 6.18. The van der Waals surface area contributed by atoms with E-state index in [1.807, 2.05) is 31.3 Å². The van der Waals surface area contributed by atoms with Gasteiger partial charge in [-0.1, -0.05) is 62.1 Å². The number of ether oxygens (including phenoxy) is 1. The van der Waals surface area contributed by atoms with E-state index >= 15 is 0 Å². The number of aliphatic hydroxyl groups excluding tert-OH is 1. The van der Waals surface area contributed by atoms with Gasteiger partial charge >= 0.3 is 0 Å². The maximum atomic E-state index is 9.79. The minimum absolute atomic E-state index is 0.0224. The second kappa shape index (κ2) is 13.3. The van der Waals surface area contributed by atoms with Crippen LogP contribution in [0.25, 0.3) is 5.76 Å². The summed E-state index contributed by atoms with van der Waals surface area (Å²) in [6.45, 7) is 14.7. The second-order valence-electron chi connectivity index (χ2n) is 9.15. The first kappa shape index (κ1) is 26.8. The van der Waals surface area contributed by atoms with Gasteiger partial charge in [0.1, 0.15) is 11.5 Å². The van der Waals surface area contributed by atoms with Gasteiger partial charge in [0.25, 0.3) is 0 Å². The Morgan fingerprint density at radius 1 is 1.17 bits per heavy atom. The molecule has 1 aliphatic rings. The predicted molar refractivity (Wildman–Crippen MR) is 152 cm³/mol. The zero-order valence-corrected chi connectivity index (χ0v) is 21.8. The van der Waals surface area contributed by atoms with Gasteiger partial charge in [-0.05, 0) is 86.6 Å². The lowest BCUT2D eigenvalue weighted by atomic mass is 9.92. The molecule has 188 valence electrons. The first-order valence-electron chi connectivity index (χ1n) is 12.6. The molecule has 0 heterocycles. The predicted octanol–water partition coefficient (Wildman–Crippen LogP) is 7.95. The number of hydrogen-bond donors (Lipinski definition) is 2. The molecule has 2 aromatic carbocycles. The zero-order valence-electron chi connectivity index (χ0n) is 21.8. The quantitative estimate of drug-likeness (QED) is 0.252. The fourth-order valence-corrected chi connectivity index (χ4v) is 4.18. The third-order valence-corrected chi connectivity index (χ3v) is 6.18. The molecular weight excluding hydrogens is 444 g/mol. The molecule has 0 spiro atoms. The number of rotatable bonds is 11. The lowest BCUT2D eigenvalue weighted by Crippen LogP contribution is -2.17. The Kier molecular flexibility index (Phi) is 9.93. The highest BCUT2D eigenvalue weighted by Gasteiger charge is 2.15. The van der Waals surface area contributed by atoms with E-state index in [1.54, 1.807) is 6.07 Å². The number of allylic oxidation sites excluding steroid dienone is 5. The van der Waals surface area contributed by atoms with Crippen molar-refractivity contribution in [3.05, 3.63) is 119 Å². The molecule has 36 heavy (non-hydrogen) atoms. The Morgan fingerprint density at radius 3 is 2.67 bits per heavy atom. The molecule has 2 N–H and O–H groups in total. The standard InChI is InChI=1S/C32H38N2O2/c1-6-19-33-20-8-7-10-27-14-16-28(17-15-27)29-11-9-12-32(24(3)21-29)34-26(5)36-30-18-13-23(2)31(22-30)25(4)35/h7-8,12-18,20-22,29,34-35H,4-6,9-11,19H2,1-3H3/b8-7-,33-20?. The first-order chi connectivity index (χ1) is 17.4. The van der Waals surface area contributed by atoms with Crippen LogP contribution in [0.1, 0.15) is 61.3 Å². The van der Waals surface area contributed by atoms with Gasteiger partial charge < -0.3 is 15.2 Å². The summed E-state index contributed by atoms with van der Waals surface area (Å²) in [4.78, 5) is 4.32. The van der Waals surface area contributed by atoms with E-state index in [0.29, 0.717) is 23.1 Å². The van der Waals surface area contributed by atoms with Crippen molar-refractivity contribution in [1.82, 2.24) is 5.32 Å². The van der Waals surface area contributed by atoms with Gasteiger partial charge in [-0.3, -0.25) is 4.99 Å². The molecule has 4 heteroatoms. The van der Waals surface area contributed by atoms with Crippen molar-refractivity contribution in [3.63, 3.8) is 0 Å². The van der Waals surface area contributed by atoms with Gasteiger partial charge in [0, 0.05) is 29.9 Å². The molecule has 0 aromatic heterocycles. The largest absolute Gasteiger partial charge is 0.508 e. The topological polar surface area (TPSA) is 53.9 Å². The Hall–Kier alpha value is -3.79. The molecule has 0 aliphatic heterocycles. The summed E-state index contributed by atoms with van der Waals surface area (Å²) in [5, 5.41) is 13.1. The molecule has 2 aromatic rings. The Morgan fingerprint density at radius 2 is 1.94 bits per heavy atom. The number of nitrogens with zero attached hydrogens (tertiary/aromatic N) is 1. The minimum Gasteiger partial charge on any atom is -0.508 e. The Labute approximate surface area is 216 Å². The number of benzene rings is 2. The molecule has 0 amide bonds. The summed E-state index contributed by atoms with van der Waals surface area (Å²) in [6, 6.07) is 14.4. The number of hydrogen-bond acceptors (Lipinski definition) is 4. The molecular formula is C32H38N2O2. The smallest absolute Gasteiger partial charge is 0.190 e. The number of aryl methyl sites for hydroxylation is 1. The highest BCUT2D eigenvalue weighted by Crippen LogP contribution is 2.30. The number of aliphatic hydroxyl groups is 1. The first-order valence-corrected chi connectivity index (χ1v) is 12.6. The highest BCUT2D eigenvalue weighted by atomic mass is 16.5. The van der Waals surface area contributed by atoms with Crippen molar-refractivity contribution in [2.75, 3.05) is 6.54 Å². The molecule has 0 saturated carbocycles. The van der Waals surface area contributed by atoms with Gasteiger partial charge in [0.05, 0.1) is 0 Å². The molecule has 0 radical (unpaired) electrons. The summed E-state index contributed by atoms with van der Waals surface area (Å²) in [5.41, 5.74) is 6.39. The molecule has 1 atom stereocenters. The van der Waals surface area contributed by atoms with Crippen LogP contribution in [-0.4, -0.2) is 17.9 Å². The van der Waals surface area contributed by atoms with Crippen molar-refractivity contribution in [2.24, 2.45) is 4.99 Å². The van der Waals surface area contributed by atoms with Crippen molar-refractivity contribution < 1.29 is 9.84 Å². The van der Waals surface area contributed by atoms with Crippen LogP contribution in [0, 0.1) is 6.92 Å². The SMILES string of the molecule is C=C(NC1=CCCC(c2ccc(C/C=C\C=NCCC)cc2)C=C1C)Oc1ccc(C)c(C(=C)O)c1. The average molecular weight is 483 g/mol. The van der Waals surface area contributed by atoms with Crippen LogP contribution in [0.15, 0.2) is 102 Å². The summed E-state index contributed by atoms with van der Waals surface area (Å²) in [6.07, 6.45) is 14.6. The maximum Gasteiger partial charge on any atom is 0.190 e. The minimum atomic E-state index is 0.0224. The summed E-state index contributed by atoms with van der Waals surface area (Å²) in [5.74, 6) is 1.41. The van der Waals surface area contributed by atoms with E-state index in [1.165, 1.54) is 11.1 Å². The van der Waals surface area contributed by atoms with E-state index in [9.17, 15) is 5.11 Å². The van der Waals surface area contributed by atoms with Gasteiger partial charge in [0.2, 0.25) is 0 Å². The van der Waals surface area contributed by atoms with Gasteiger partial charge in [-0.25, -0.2) is 0 Å². The highest BCUT2D eigenvalue weighted by molar-refractivity contribution is 5.71. The second-order valence-corrected chi connectivity index (χ2v) is 9.15. The summed E-state index contributed by atoms with van der Waals surface area (Å²) in [7, 11) is 0. The zero-order chi connectivity index (χ0) is 25.9. The lowest BCUT2D eigenvalue weighted by Gasteiger charge is -2.16. The number of nitrogens with one attached hydrogen (secondary N) is 1. The lowest BCUT2D eigenvalue weighted by molar-refractivity contribution is 0.396. The normalized spacial score (nSPS) is 15.9. The fourth-order valence-electron chi connectivity index (χ4n) is 4.18. The van der Waals surface area contributed by atoms with Crippen LogP contribution in [0.2, 0.25) is 0 Å². The molecule has 0 fully saturated rings. The molecule has 1 aliphatic carbocycles. The van der Waals surface area contributed by atoms with E-state index in [-0.39, 0.29) is 5.76 Å². The van der Waals surface area contributed by atoms with Crippen LogP contribution < -0.4 is 10.1 Å². The van der Waals surface area contributed by atoms with Gasteiger partial charge in [-0.2, -0.15) is 0 Å². The fraction of sp³-hybridized carbons (Fsp3) is 0.281. The third kappa shape index (κ3) is 7.88. The van der Waals surface area contributed by atoms with Gasteiger partial charge in [-0.15, -0.1) is 0 Å². The Balaban J connectivity index is 1.59.